The van der Waals surface area contributed by atoms with Crippen molar-refractivity contribution in [1.82, 2.24) is 5.32 Å². The highest BCUT2D eigenvalue weighted by Crippen LogP contribution is 2.31. The smallest absolute Gasteiger partial charge is 0.0329 e. The summed E-state index contributed by atoms with van der Waals surface area (Å²) in [6.45, 7) is 5.40. The van der Waals surface area contributed by atoms with E-state index in [1.54, 1.807) is 0 Å². The molecule has 1 nitrogen and oxygen atoms in total. The molecule has 0 saturated carbocycles. The van der Waals surface area contributed by atoms with E-state index in [2.05, 4.69) is 49.5 Å². The van der Waals surface area contributed by atoms with E-state index in [4.69, 9.17) is 0 Å². The third-order valence-electron chi connectivity index (χ3n) is 3.82. The summed E-state index contributed by atoms with van der Waals surface area (Å²) in [5, 5.41) is 3.71. The Morgan fingerprint density at radius 3 is 2.89 bits per heavy atom. The van der Waals surface area contributed by atoms with E-state index in [0.717, 1.165) is 6.54 Å². The van der Waals surface area contributed by atoms with Gasteiger partial charge in [-0.25, -0.2) is 0 Å². The molecule has 1 aliphatic carbocycles. The van der Waals surface area contributed by atoms with Crippen LogP contribution in [0.25, 0.3) is 0 Å². The van der Waals surface area contributed by atoms with Crippen LogP contribution in [0, 0.1) is 13.8 Å². The van der Waals surface area contributed by atoms with Crippen molar-refractivity contribution in [2.75, 3.05) is 0 Å². The summed E-state index contributed by atoms with van der Waals surface area (Å²) in [6.07, 6.45) is 2.46. The van der Waals surface area contributed by atoms with Gasteiger partial charge in [0.15, 0.2) is 0 Å². The fourth-order valence-corrected chi connectivity index (χ4v) is 3.81. The van der Waals surface area contributed by atoms with Gasteiger partial charge >= 0.3 is 0 Å². The average molecular weight is 257 g/mol. The maximum absolute atomic E-state index is 3.71. The van der Waals surface area contributed by atoms with Crippen LogP contribution in [0.1, 0.15) is 38.9 Å². The Bertz CT molecular complexity index is 556. The van der Waals surface area contributed by atoms with Gasteiger partial charge in [-0.15, -0.1) is 11.3 Å². The fourth-order valence-electron chi connectivity index (χ4n) is 2.86. The van der Waals surface area contributed by atoms with Crippen LogP contribution < -0.4 is 5.32 Å². The van der Waals surface area contributed by atoms with Gasteiger partial charge < -0.3 is 5.32 Å². The fraction of sp³-hybridized carbons (Fsp3) is 0.375. The van der Waals surface area contributed by atoms with Gasteiger partial charge in [-0.1, -0.05) is 24.3 Å². The van der Waals surface area contributed by atoms with E-state index in [1.165, 1.54) is 39.3 Å². The molecule has 0 radical (unpaired) electrons. The van der Waals surface area contributed by atoms with Gasteiger partial charge in [-0.3, -0.25) is 0 Å². The predicted molar refractivity (Wildman–Crippen MR) is 78.1 cm³/mol. The molecule has 0 bridgehead atoms. The first kappa shape index (κ1) is 11.9. The van der Waals surface area contributed by atoms with Crippen molar-refractivity contribution < 1.29 is 0 Å². The lowest BCUT2D eigenvalue weighted by Gasteiger charge is -2.13. The molecule has 0 amide bonds. The molecule has 1 heterocycles. The zero-order valence-corrected chi connectivity index (χ0v) is 11.8. The molecule has 2 aromatic rings. The molecule has 1 atom stereocenters. The third-order valence-corrected chi connectivity index (χ3v) is 4.82. The van der Waals surface area contributed by atoms with E-state index >= 15 is 0 Å². The highest BCUT2D eigenvalue weighted by molar-refractivity contribution is 7.12. The van der Waals surface area contributed by atoms with Gasteiger partial charge in [0.25, 0.3) is 0 Å². The van der Waals surface area contributed by atoms with Crippen molar-refractivity contribution in [3.05, 3.63) is 56.8 Å². The SMILES string of the molecule is Cc1cc(CNC2CCc3ccccc32)c(C)s1. The number of benzene rings is 1. The molecule has 18 heavy (non-hydrogen) atoms. The maximum atomic E-state index is 3.71. The maximum Gasteiger partial charge on any atom is 0.0329 e. The normalized spacial score (nSPS) is 18.0. The molecule has 0 fully saturated rings. The van der Waals surface area contributed by atoms with Crippen LogP contribution in [-0.2, 0) is 13.0 Å². The number of hydrogen-bond acceptors (Lipinski definition) is 2. The van der Waals surface area contributed by atoms with Crippen LogP contribution in [-0.4, -0.2) is 0 Å². The van der Waals surface area contributed by atoms with Gasteiger partial charge in [0, 0.05) is 22.3 Å². The van der Waals surface area contributed by atoms with Crippen molar-refractivity contribution >= 4 is 11.3 Å². The molecule has 0 aliphatic heterocycles. The van der Waals surface area contributed by atoms with Crippen molar-refractivity contribution in [2.24, 2.45) is 0 Å². The lowest BCUT2D eigenvalue weighted by atomic mass is 10.1. The van der Waals surface area contributed by atoms with Crippen molar-refractivity contribution in [3.8, 4) is 0 Å². The van der Waals surface area contributed by atoms with E-state index in [9.17, 15) is 0 Å². The molecule has 94 valence electrons. The second-order valence-electron chi connectivity index (χ2n) is 5.11. The Kier molecular flexibility index (Phi) is 3.23. The summed E-state index contributed by atoms with van der Waals surface area (Å²) in [6, 6.07) is 11.7. The summed E-state index contributed by atoms with van der Waals surface area (Å²) < 4.78 is 0. The van der Waals surface area contributed by atoms with E-state index in [0.29, 0.717) is 6.04 Å². The lowest BCUT2D eigenvalue weighted by molar-refractivity contribution is 0.530. The van der Waals surface area contributed by atoms with E-state index in [-0.39, 0.29) is 0 Å². The average Bonchev–Trinajstić information content (AvgIpc) is 2.90. The van der Waals surface area contributed by atoms with Gasteiger partial charge in [0.1, 0.15) is 0 Å². The highest BCUT2D eigenvalue weighted by Gasteiger charge is 2.21. The molecule has 0 saturated heterocycles. The standard InChI is InChI=1S/C16H19NS/c1-11-9-14(12(2)18-11)10-17-16-8-7-13-5-3-4-6-15(13)16/h3-6,9,16-17H,7-8,10H2,1-2H3. The first-order chi connectivity index (χ1) is 8.74. The van der Waals surface area contributed by atoms with Crippen molar-refractivity contribution in [3.63, 3.8) is 0 Å². The van der Waals surface area contributed by atoms with Crippen LogP contribution in [0.4, 0.5) is 0 Å². The molecule has 1 aromatic heterocycles. The molecule has 1 unspecified atom stereocenters. The predicted octanol–water partition coefficient (Wildman–Crippen LogP) is 4.14. The second-order valence-corrected chi connectivity index (χ2v) is 6.57. The summed E-state index contributed by atoms with van der Waals surface area (Å²) in [5.41, 5.74) is 4.48. The minimum absolute atomic E-state index is 0.542. The Labute approximate surface area is 113 Å². The number of fused-ring (bicyclic) bond motifs is 1. The van der Waals surface area contributed by atoms with Crippen LogP contribution >= 0.6 is 11.3 Å². The lowest BCUT2D eigenvalue weighted by Crippen LogP contribution is -2.18. The molecule has 1 N–H and O–H groups in total. The number of aryl methyl sites for hydroxylation is 3. The van der Waals surface area contributed by atoms with Crippen LogP contribution in [0.5, 0.6) is 0 Å². The first-order valence-electron chi connectivity index (χ1n) is 6.61. The third kappa shape index (κ3) is 2.23. The largest absolute Gasteiger partial charge is 0.306 e. The number of hydrogen-bond donors (Lipinski definition) is 1. The van der Waals surface area contributed by atoms with Crippen LogP contribution in [0.15, 0.2) is 30.3 Å². The zero-order valence-electron chi connectivity index (χ0n) is 11.0. The second kappa shape index (κ2) is 4.87. The Hall–Kier alpha value is -1.12. The number of thiophene rings is 1. The summed E-state index contributed by atoms with van der Waals surface area (Å²) >= 11 is 1.90. The molecule has 0 spiro atoms. The number of nitrogens with one attached hydrogen (secondary N) is 1. The van der Waals surface area contributed by atoms with Crippen molar-refractivity contribution in [1.29, 1.82) is 0 Å². The van der Waals surface area contributed by atoms with Gasteiger partial charge in [0.05, 0.1) is 0 Å². The zero-order chi connectivity index (χ0) is 12.5. The van der Waals surface area contributed by atoms with Crippen molar-refractivity contribution in [2.45, 2.75) is 39.3 Å². The first-order valence-corrected chi connectivity index (χ1v) is 7.43. The minimum Gasteiger partial charge on any atom is -0.306 e. The van der Waals surface area contributed by atoms with E-state index in [1.807, 2.05) is 11.3 Å². The minimum atomic E-state index is 0.542. The topological polar surface area (TPSA) is 12.0 Å². The summed E-state index contributed by atoms with van der Waals surface area (Å²) in [4.78, 5) is 2.86. The Balaban J connectivity index is 1.70. The Morgan fingerprint density at radius 2 is 2.11 bits per heavy atom. The molecule has 1 aliphatic rings. The summed E-state index contributed by atoms with van der Waals surface area (Å²) in [7, 11) is 0. The van der Waals surface area contributed by atoms with Crippen LogP contribution in [0.3, 0.4) is 0 Å². The highest BCUT2D eigenvalue weighted by atomic mass is 32.1. The van der Waals surface area contributed by atoms with Gasteiger partial charge in [-0.2, -0.15) is 0 Å². The molecule has 1 aromatic carbocycles. The van der Waals surface area contributed by atoms with Crippen LogP contribution in [0.2, 0.25) is 0 Å². The molecule has 3 rings (SSSR count). The Morgan fingerprint density at radius 1 is 1.28 bits per heavy atom. The monoisotopic (exact) mass is 257 g/mol. The molecular weight excluding hydrogens is 238 g/mol. The molecule has 2 heteroatoms. The molecular formula is C16H19NS. The van der Waals surface area contributed by atoms with Gasteiger partial charge in [-0.05, 0) is 49.4 Å². The number of rotatable bonds is 3. The summed E-state index contributed by atoms with van der Waals surface area (Å²) in [5.74, 6) is 0. The van der Waals surface area contributed by atoms with Gasteiger partial charge in [0.2, 0.25) is 0 Å². The van der Waals surface area contributed by atoms with E-state index < -0.39 is 0 Å². The quantitative estimate of drug-likeness (QED) is 0.871.